The van der Waals surface area contributed by atoms with Crippen LogP contribution >= 0.6 is 0 Å². The van der Waals surface area contributed by atoms with Crippen molar-refractivity contribution >= 4 is 28.5 Å². The molecule has 0 radical (unpaired) electrons. The Morgan fingerprint density at radius 2 is 2.00 bits per heavy atom. The number of aromatic nitrogens is 1. The number of unbranched alkanes of at least 4 members (excludes halogenated alkanes) is 1. The summed E-state index contributed by atoms with van der Waals surface area (Å²) in [6.45, 7) is 4.92. The van der Waals surface area contributed by atoms with Crippen LogP contribution in [-0.2, 0) is 29.6 Å². The number of hydrogen-bond donors (Lipinski definition) is 2. The first-order valence-corrected chi connectivity index (χ1v) is 13.0. The van der Waals surface area contributed by atoms with Gasteiger partial charge in [-0.05, 0) is 86.4 Å². The molecule has 3 aliphatic rings. The van der Waals surface area contributed by atoms with Crippen LogP contribution in [-0.4, -0.2) is 41.5 Å². The Hall–Kier alpha value is -3.12. The minimum absolute atomic E-state index is 0.0678. The number of amides is 2. The highest BCUT2D eigenvalue weighted by Crippen LogP contribution is 2.49. The summed E-state index contributed by atoms with van der Waals surface area (Å²) in [7, 11) is 1.70. The first-order valence-electron chi connectivity index (χ1n) is 13.0. The molecule has 0 saturated carbocycles. The Morgan fingerprint density at radius 3 is 2.86 bits per heavy atom. The summed E-state index contributed by atoms with van der Waals surface area (Å²) in [5.74, 6) is 0.202. The average molecular weight is 471 g/mol. The zero-order valence-electron chi connectivity index (χ0n) is 20.7. The number of rotatable bonds is 5. The van der Waals surface area contributed by atoms with Crippen LogP contribution in [0.4, 0.5) is 10.5 Å². The lowest BCUT2D eigenvalue weighted by Crippen LogP contribution is -2.38. The molecule has 3 heterocycles. The first-order chi connectivity index (χ1) is 17.0. The molecule has 2 aliphatic heterocycles. The van der Waals surface area contributed by atoms with E-state index in [0.29, 0.717) is 0 Å². The van der Waals surface area contributed by atoms with Gasteiger partial charge in [-0.25, -0.2) is 4.79 Å². The topological polar surface area (TPSA) is 66.4 Å². The molecule has 1 aromatic heterocycles. The Labute approximate surface area is 206 Å². The van der Waals surface area contributed by atoms with Crippen molar-refractivity contribution in [2.24, 2.45) is 0 Å². The van der Waals surface area contributed by atoms with E-state index in [-0.39, 0.29) is 17.4 Å². The van der Waals surface area contributed by atoms with Gasteiger partial charge < -0.3 is 10.6 Å². The third-order valence-corrected chi connectivity index (χ3v) is 8.57. The van der Waals surface area contributed by atoms with E-state index in [2.05, 4.69) is 52.8 Å². The lowest BCUT2D eigenvalue weighted by atomic mass is 9.68. The highest BCUT2D eigenvalue weighted by Gasteiger charge is 2.48. The van der Waals surface area contributed by atoms with E-state index in [9.17, 15) is 9.59 Å². The Balaban J connectivity index is 1.17. The normalized spacial score (nSPS) is 21.0. The monoisotopic (exact) mass is 470 g/mol. The highest BCUT2D eigenvalue weighted by atomic mass is 16.2. The van der Waals surface area contributed by atoms with Crippen LogP contribution in [0, 0.1) is 6.92 Å². The summed E-state index contributed by atoms with van der Waals surface area (Å²) in [6, 6.07) is 12.5. The quantitative estimate of drug-likeness (QED) is 0.522. The summed E-state index contributed by atoms with van der Waals surface area (Å²) >= 11 is 0. The van der Waals surface area contributed by atoms with E-state index in [4.69, 9.17) is 0 Å². The van der Waals surface area contributed by atoms with E-state index in [1.807, 2.05) is 10.6 Å². The zero-order valence-corrected chi connectivity index (χ0v) is 20.7. The maximum atomic E-state index is 13.1. The minimum atomic E-state index is -0.331. The predicted octanol–water partition coefficient (Wildman–Crippen LogP) is 4.89. The van der Waals surface area contributed by atoms with Gasteiger partial charge in [0.1, 0.15) is 0 Å². The van der Waals surface area contributed by atoms with E-state index in [1.54, 1.807) is 7.05 Å². The molecule has 6 rings (SSSR count). The van der Waals surface area contributed by atoms with Gasteiger partial charge in [0.2, 0.25) is 5.91 Å². The average Bonchev–Trinajstić information content (AvgIpc) is 3.35. The minimum Gasteiger partial charge on any atom is -0.340 e. The van der Waals surface area contributed by atoms with Crippen LogP contribution < -0.4 is 10.6 Å². The summed E-state index contributed by atoms with van der Waals surface area (Å²) in [6.07, 6.45) is 7.09. The smallest absolute Gasteiger partial charge is 0.326 e. The van der Waals surface area contributed by atoms with Crippen LogP contribution in [0.5, 0.6) is 0 Å². The number of benzene rings is 2. The van der Waals surface area contributed by atoms with Gasteiger partial charge >= 0.3 is 6.03 Å². The summed E-state index contributed by atoms with van der Waals surface area (Å²) in [5, 5.41) is 7.24. The molecule has 0 saturated heterocycles. The molecule has 2 aromatic carbocycles. The molecule has 3 aromatic rings. The number of carbonyl (C=O) groups excluding carboxylic acids is 2. The number of hydrogen-bond acceptors (Lipinski definition) is 3. The Bertz CT molecular complexity index is 1340. The molecular formula is C29H34N4O2. The molecule has 0 bridgehead atoms. The van der Waals surface area contributed by atoms with Crippen LogP contribution in [0.1, 0.15) is 60.1 Å². The fourth-order valence-corrected chi connectivity index (χ4v) is 6.96. The van der Waals surface area contributed by atoms with Crippen molar-refractivity contribution < 1.29 is 9.59 Å². The second-order valence-electron chi connectivity index (χ2n) is 10.5. The van der Waals surface area contributed by atoms with Gasteiger partial charge in [-0.3, -0.25) is 14.3 Å². The maximum absolute atomic E-state index is 13.1. The van der Waals surface area contributed by atoms with Crippen molar-refractivity contribution in [3.05, 3.63) is 64.3 Å². The van der Waals surface area contributed by atoms with Crippen molar-refractivity contribution in [2.75, 3.05) is 25.5 Å². The predicted molar refractivity (Wildman–Crippen MR) is 139 cm³/mol. The number of nitrogens with one attached hydrogen (secondary N) is 2. The van der Waals surface area contributed by atoms with Crippen molar-refractivity contribution in [1.82, 2.24) is 14.8 Å². The highest BCUT2D eigenvalue weighted by molar-refractivity contribution is 6.07. The largest absolute Gasteiger partial charge is 0.340 e. The van der Waals surface area contributed by atoms with Gasteiger partial charge in [0.25, 0.3) is 0 Å². The molecule has 0 spiro atoms. The zero-order chi connectivity index (χ0) is 24.2. The summed E-state index contributed by atoms with van der Waals surface area (Å²) in [4.78, 5) is 28.4. The first kappa shape index (κ1) is 22.4. The Kier molecular flexibility index (Phi) is 5.44. The molecule has 2 N–H and O–H groups in total. The van der Waals surface area contributed by atoms with Gasteiger partial charge in [0, 0.05) is 36.9 Å². The molecule has 1 unspecified atom stereocenters. The second-order valence-corrected chi connectivity index (χ2v) is 10.5. The van der Waals surface area contributed by atoms with Crippen molar-refractivity contribution in [1.29, 1.82) is 0 Å². The van der Waals surface area contributed by atoms with E-state index < -0.39 is 0 Å². The SMILES string of the molecule is CNC(=O)n1c2c(c3c(C)cccc31)CCN(CCCCC13CCCc4cccc(c41)NC3=O)C2. The molecule has 1 aliphatic carbocycles. The summed E-state index contributed by atoms with van der Waals surface area (Å²) in [5.41, 5.74) is 8.03. The molecule has 0 fully saturated rings. The van der Waals surface area contributed by atoms with Gasteiger partial charge in [-0.15, -0.1) is 0 Å². The van der Waals surface area contributed by atoms with E-state index in [1.165, 1.54) is 27.6 Å². The number of nitrogens with zero attached hydrogens (tertiary/aromatic N) is 2. The fraction of sp³-hybridized carbons (Fsp3) is 0.448. The van der Waals surface area contributed by atoms with Crippen molar-refractivity contribution in [3.63, 3.8) is 0 Å². The van der Waals surface area contributed by atoms with Crippen LogP contribution in [0.15, 0.2) is 36.4 Å². The van der Waals surface area contributed by atoms with Crippen LogP contribution in [0.2, 0.25) is 0 Å². The number of fused-ring (bicyclic) bond motifs is 3. The van der Waals surface area contributed by atoms with Gasteiger partial charge in [-0.1, -0.05) is 30.7 Å². The van der Waals surface area contributed by atoms with Gasteiger partial charge in [-0.2, -0.15) is 0 Å². The fourth-order valence-electron chi connectivity index (χ4n) is 6.96. The number of carbonyl (C=O) groups is 2. The van der Waals surface area contributed by atoms with E-state index >= 15 is 0 Å². The molecule has 6 heteroatoms. The molecule has 1 atom stereocenters. The molecular weight excluding hydrogens is 436 g/mol. The molecule has 182 valence electrons. The van der Waals surface area contributed by atoms with Crippen molar-refractivity contribution in [2.45, 2.75) is 63.8 Å². The Morgan fingerprint density at radius 1 is 1.14 bits per heavy atom. The van der Waals surface area contributed by atoms with Crippen molar-refractivity contribution in [3.8, 4) is 0 Å². The van der Waals surface area contributed by atoms with Crippen LogP contribution in [0.3, 0.4) is 0 Å². The molecule has 6 nitrogen and oxygen atoms in total. The number of aryl methyl sites for hydroxylation is 2. The lowest BCUT2D eigenvalue weighted by molar-refractivity contribution is -0.121. The maximum Gasteiger partial charge on any atom is 0.326 e. The second kappa shape index (κ2) is 8.52. The third kappa shape index (κ3) is 3.41. The lowest BCUT2D eigenvalue weighted by Gasteiger charge is -2.33. The number of anilines is 1. The standard InChI is InChI=1S/C29H34N4O2/c1-19-8-5-12-23-25(19)21-13-17-32(18-24(21)33(23)28(35)30-2)16-4-3-14-29-15-7-10-20-9-6-11-22(26(20)29)31-27(29)34/h5-6,8-9,11-12H,3-4,7,10,13-18H2,1-2H3,(H,30,35)(H,31,34). The molecule has 35 heavy (non-hydrogen) atoms. The summed E-state index contributed by atoms with van der Waals surface area (Å²) < 4.78 is 1.88. The van der Waals surface area contributed by atoms with Gasteiger partial charge in [0.15, 0.2) is 0 Å². The van der Waals surface area contributed by atoms with Crippen LogP contribution in [0.25, 0.3) is 10.9 Å². The molecule has 2 amide bonds. The van der Waals surface area contributed by atoms with E-state index in [0.717, 1.165) is 81.5 Å². The van der Waals surface area contributed by atoms with Gasteiger partial charge in [0.05, 0.1) is 10.9 Å². The third-order valence-electron chi connectivity index (χ3n) is 8.57.